The summed E-state index contributed by atoms with van der Waals surface area (Å²) in [6, 6.07) is 5.74. The van der Waals surface area contributed by atoms with Gasteiger partial charge in [-0.2, -0.15) is 0 Å². The van der Waals surface area contributed by atoms with Crippen LogP contribution in [0.3, 0.4) is 0 Å². The number of carbonyl (C=O) groups excluding carboxylic acids is 1. The lowest BCUT2D eigenvalue weighted by Crippen LogP contribution is -2.23. The summed E-state index contributed by atoms with van der Waals surface area (Å²) in [5.74, 6) is -0.588. The van der Waals surface area contributed by atoms with Crippen molar-refractivity contribution in [3.05, 3.63) is 41.7 Å². The molecular weight excluding hydrogens is 269 g/mol. The van der Waals surface area contributed by atoms with Crippen LogP contribution in [0.4, 0.5) is 4.39 Å². The highest BCUT2D eigenvalue weighted by Crippen LogP contribution is 2.04. The summed E-state index contributed by atoms with van der Waals surface area (Å²) in [5, 5.41) is 2.57. The van der Waals surface area contributed by atoms with Crippen molar-refractivity contribution in [2.75, 3.05) is 18.6 Å². The van der Waals surface area contributed by atoms with Crippen LogP contribution in [0.1, 0.15) is 12.0 Å². The molecule has 1 rings (SSSR count). The van der Waals surface area contributed by atoms with Gasteiger partial charge in [-0.05, 0) is 30.2 Å². The molecule has 0 aliphatic rings. The second-order valence-corrected chi connectivity index (χ2v) is 6.42. The fourth-order valence-electron chi connectivity index (χ4n) is 1.35. The molecule has 0 aliphatic heterocycles. The number of carbonyl (C=O) groups is 1. The molecule has 0 saturated carbocycles. The zero-order valence-corrected chi connectivity index (χ0v) is 11.4. The van der Waals surface area contributed by atoms with E-state index >= 15 is 0 Å². The predicted octanol–water partition coefficient (Wildman–Crippen LogP) is 1.39. The molecule has 19 heavy (non-hydrogen) atoms. The number of hydrogen-bond acceptors (Lipinski definition) is 3. The molecule has 0 fully saturated rings. The molecule has 0 atom stereocenters. The number of halogens is 1. The van der Waals surface area contributed by atoms with Crippen LogP contribution in [-0.4, -0.2) is 32.9 Å². The van der Waals surface area contributed by atoms with Crippen molar-refractivity contribution in [1.29, 1.82) is 0 Å². The van der Waals surface area contributed by atoms with E-state index in [4.69, 9.17) is 0 Å². The summed E-state index contributed by atoms with van der Waals surface area (Å²) in [6.45, 7) is 0.305. The topological polar surface area (TPSA) is 63.2 Å². The van der Waals surface area contributed by atoms with E-state index in [0.717, 1.165) is 6.26 Å². The maximum Gasteiger partial charge on any atom is 0.243 e. The molecule has 0 aromatic heterocycles. The molecule has 0 saturated heterocycles. The van der Waals surface area contributed by atoms with Gasteiger partial charge in [-0.25, -0.2) is 12.8 Å². The van der Waals surface area contributed by atoms with Crippen LogP contribution in [0.25, 0.3) is 6.08 Å². The van der Waals surface area contributed by atoms with Crippen molar-refractivity contribution in [3.8, 4) is 0 Å². The summed E-state index contributed by atoms with van der Waals surface area (Å²) in [6.07, 6.45) is 4.43. The highest BCUT2D eigenvalue weighted by Gasteiger charge is 2.01. The first-order valence-corrected chi connectivity index (χ1v) is 7.82. The van der Waals surface area contributed by atoms with Crippen LogP contribution in [0.5, 0.6) is 0 Å². The van der Waals surface area contributed by atoms with Crippen LogP contribution in [0, 0.1) is 5.82 Å². The van der Waals surface area contributed by atoms with Gasteiger partial charge >= 0.3 is 0 Å². The largest absolute Gasteiger partial charge is 0.353 e. The van der Waals surface area contributed by atoms with Crippen LogP contribution >= 0.6 is 0 Å². The van der Waals surface area contributed by atoms with Gasteiger partial charge < -0.3 is 5.32 Å². The third-order valence-corrected chi connectivity index (χ3v) is 3.32. The first-order valence-electron chi connectivity index (χ1n) is 5.76. The summed E-state index contributed by atoms with van der Waals surface area (Å²) >= 11 is 0. The van der Waals surface area contributed by atoms with E-state index < -0.39 is 9.84 Å². The Hall–Kier alpha value is -1.69. The minimum Gasteiger partial charge on any atom is -0.353 e. The van der Waals surface area contributed by atoms with Crippen LogP contribution < -0.4 is 5.32 Å². The summed E-state index contributed by atoms with van der Waals surface area (Å²) < 4.78 is 34.3. The molecule has 0 heterocycles. The number of hydrogen-bond donors (Lipinski definition) is 1. The van der Waals surface area contributed by atoms with Crippen LogP contribution in [0.2, 0.25) is 0 Å². The van der Waals surface area contributed by atoms with E-state index in [1.165, 1.54) is 18.2 Å². The molecule has 0 bridgehead atoms. The summed E-state index contributed by atoms with van der Waals surface area (Å²) in [7, 11) is -2.99. The molecular formula is C13H16FNO3S. The third-order valence-electron chi connectivity index (χ3n) is 2.29. The quantitative estimate of drug-likeness (QED) is 0.634. The maximum absolute atomic E-state index is 12.6. The van der Waals surface area contributed by atoms with Gasteiger partial charge in [-0.15, -0.1) is 0 Å². The lowest BCUT2D eigenvalue weighted by Gasteiger charge is -2.01. The Morgan fingerprint density at radius 1 is 1.32 bits per heavy atom. The molecule has 104 valence electrons. The fraction of sp³-hybridized carbons (Fsp3) is 0.308. The van der Waals surface area contributed by atoms with E-state index in [-0.39, 0.29) is 17.5 Å². The van der Waals surface area contributed by atoms with E-state index in [2.05, 4.69) is 5.32 Å². The van der Waals surface area contributed by atoms with Gasteiger partial charge in [0.25, 0.3) is 0 Å². The Bertz CT molecular complexity index is 550. The molecule has 1 aromatic carbocycles. The van der Waals surface area contributed by atoms with E-state index in [0.29, 0.717) is 18.5 Å². The maximum atomic E-state index is 12.6. The van der Waals surface area contributed by atoms with Gasteiger partial charge in [0.05, 0.1) is 5.75 Å². The Balaban J connectivity index is 2.33. The van der Waals surface area contributed by atoms with Gasteiger partial charge in [0.1, 0.15) is 15.7 Å². The number of nitrogens with one attached hydrogen (secondary N) is 1. The highest BCUT2D eigenvalue weighted by atomic mass is 32.2. The SMILES string of the molecule is CS(=O)(=O)CCCNC(=O)C=Cc1ccc(F)cc1. The average molecular weight is 285 g/mol. The Kier molecular flexibility index (Phi) is 5.69. The second kappa shape index (κ2) is 7.04. The van der Waals surface area contributed by atoms with Crippen molar-refractivity contribution in [2.45, 2.75) is 6.42 Å². The van der Waals surface area contributed by atoms with Crippen molar-refractivity contribution in [1.82, 2.24) is 5.32 Å². The average Bonchev–Trinajstić information content (AvgIpc) is 2.33. The van der Waals surface area contributed by atoms with Crippen LogP contribution in [0.15, 0.2) is 30.3 Å². The van der Waals surface area contributed by atoms with E-state index in [9.17, 15) is 17.6 Å². The van der Waals surface area contributed by atoms with Gasteiger partial charge in [0.2, 0.25) is 5.91 Å². The van der Waals surface area contributed by atoms with Crippen molar-refractivity contribution < 1.29 is 17.6 Å². The van der Waals surface area contributed by atoms with Crippen LogP contribution in [-0.2, 0) is 14.6 Å². The molecule has 0 radical (unpaired) electrons. The molecule has 0 unspecified atom stereocenters. The zero-order valence-electron chi connectivity index (χ0n) is 10.6. The number of benzene rings is 1. The smallest absolute Gasteiger partial charge is 0.243 e. The molecule has 4 nitrogen and oxygen atoms in total. The number of rotatable bonds is 6. The second-order valence-electron chi connectivity index (χ2n) is 4.16. The molecule has 6 heteroatoms. The Morgan fingerprint density at radius 2 is 1.95 bits per heavy atom. The third kappa shape index (κ3) is 7.35. The van der Waals surface area contributed by atoms with Crippen molar-refractivity contribution >= 4 is 21.8 Å². The van der Waals surface area contributed by atoms with Gasteiger partial charge in [-0.1, -0.05) is 12.1 Å². The van der Waals surface area contributed by atoms with E-state index in [1.54, 1.807) is 18.2 Å². The monoisotopic (exact) mass is 285 g/mol. The Morgan fingerprint density at radius 3 is 2.53 bits per heavy atom. The number of amides is 1. The van der Waals surface area contributed by atoms with E-state index in [1.807, 2.05) is 0 Å². The molecule has 0 spiro atoms. The minimum atomic E-state index is -2.99. The normalized spacial score (nSPS) is 11.7. The summed E-state index contributed by atoms with van der Waals surface area (Å²) in [5.41, 5.74) is 0.715. The lowest BCUT2D eigenvalue weighted by molar-refractivity contribution is -0.116. The fourth-order valence-corrected chi connectivity index (χ4v) is 2.02. The first-order chi connectivity index (χ1) is 8.87. The standard InChI is InChI=1S/C13H16FNO3S/c1-19(17,18)10-2-9-15-13(16)8-5-11-3-6-12(14)7-4-11/h3-8H,2,9-10H2,1H3,(H,15,16). The van der Waals surface area contributed by atoms with Gasteiger partial charge in [0.15, 0.2) is 0 Å². The highest BCUT2D eigenvalue weighted by molar-refractivity contribution is 7.90. The van der Waals surface area contributed by atoms with Crippen molar-refractivity contribution in [2.24, 2.45) is 0 Å². The Labute approximate surface area is 112 Å². The zero-order chi connectivity index (χ0) is 14.3. The number of sulfone groups is 1. The predicted molar refractivity (Wildman–Crippen MR) is 72.8 cm³/mol. The van der Waals surface area contributed by atoms with Crippen molar-refractivity contribution in [3.63, 3.8) is 0 Å². The molecule has 1 amide bonds. The lowest BCUT2D eigenvalue weighted by atomic mass is 10.2. The summed E-state index contributed by atoms with van der Waals surface area (Å²) in [4.78, 5) is 11.4. The van der Waals surface area contributed by atoms with Gasteiger partial charge in [0, 0.05) is 18.9 Å². The molecule has 0 aliphatic carbocycles. The molecule has 1 N–H and O–H groups in total. The minimum absolute atomic E-state index is 0.0506. The van der Waals surface area contributed by atoms with Gasteiger partial charge in [-0.3, -0.25) is 4.79 Å². The molecule has 1 aromatic rings. The first kappa shape index (κ1) is 15.4.